The first-order chi connectivity index (χ1) is 8.25. The summed E-state index contributed by atoms with van der Waals surface area (Å²) in [5.74, 6) is -0.0431. The Balaban J connectivity index is 1.79. The lowest BCUT2D eigenvalue weighted by Gasteiger charge is -2.13. The molecule has 5 heteroatoms. The second-order valence-electron chi connectivity index (χ2n) is 4.00. The molecule has 1 heterocycles. The minimum atomic E-state index is -0.0431. The van der Waals surface area contributed by atoms with Crippen LogP contribution in [0.15, 0.2) is 24.3 Å². The van der Waals surface area contributed by atoms with Gasteiger partial charge < -0.3 is 11.1 Å². The third kappa shape index (κ3) is 3.44. The number of benzene rings is 1. The highest BCUT2D eigenvalue weighted by molar-refractivity contribution is 5.93. The summed E-state index contributed by atoms with van der Waals surface area (Å²) in [4.78, 5) is 17.0. The number of nitrogens with one attached hydrogen (secondary N) is 1. The van der Waals surface area contributed by atoms with Crippen molar-refractivity contribution in [2.75, 3.05) is 30.7 Å². The first kappa shape index (κ1) is 11.9. The summed E-state index contributed by atoms with van der Waals surface area (Å²) in [5, 5.41) is 4.62. The van der Waals surface area contributed by atoms with Gasteiger partial charge in [-0.05, 0) is 18.6 Å². The first-order valence-electron chi connectivity index (χ1n) is 5.78. The summed E-state index contributed by atoms with van der Waals surface area (Å²) in [6, 6.07) is 7.23. The Labute approximate surface area is 100 Å². The summed E-state index contributed by atoms with van der Waals surface area (Å²) in [5.41, 5.74) is 6.99. The van der Waals surface area contributed by atoms with Gasteiger partial charge in [-0.25, -0.2) is 0 Å². The Morgan fingerprint density at radius 3 is 3.00 bits per heavy atom. The Morgan fingerprint density at radius 2 is 2.29 bits per heavy atom. The van der Waals surface area contributed by atoms with Gasteiger partial charge in [-0.1, -0.05) is 12.1 Å². The zero-order valence-corrected chi connectivity index (χ0v) is 9.69. The minimum absolute atomic E-state index is 0.0431. The van der Waals surface area contributed by atoms with E-state index in [-0.39, 0.29) is 5.91 Å². The molecule has 0 bridgehead atoms. The Morgan fingerprint density at radius 1 is 1.47 bits per heavy atom. The van der Waals surface area contributed by atoms with Gasteiger partial charge in [0.25, 0.3) is 0 Å². The molecule has 0 unspecified atom stereocenters. The number of carbonyl (C=O) groups is 1. The average Bonchev–Trinajstić information content (AvgIpc) is 2.82. The van der Waals surface area contributed by atoms with Crippen molar-refractivity contribution in [1.82, 2.24) is 5.06 Å². The molecule has 0 radical (unpaired) electrons. The van der Waals surface area contributed by atoms with E-state index >= 15 is 0 Å². The van der Waals surface area contributed by atoms with Crippen molar-refractivity contribution < 1.29 is 9.63 Å². The van der Waals surface area contributed by atoms with Crippen molar-refractivity contribution in [1.29, 1.82) is 0 Å². The van der Waals surface area contributed by atoms with Crippen LogP contribution in [0.3, 0.4) is 0 Å². The summed E-state index contributed by atoms with van der Waals surface area (Å²) >= 11 is 0. The lowest BCUT2D eigenvalue weighted by Crippen LogP contribution is -2.24. The molecule has 1 aliphatic rings. The number of amides is 1. The largest absolute Gasteiger partial charge is 0.397 e. The van der Waals surface area contributed by atoms with Gasteiger partial charge in [-0.3, -0.25) is 9.63 Å². The number of hydrogen-bond donors (Lipinski definition) is 2. The predicted octanol–water partition coefficient (Wildman–Crippen LogP) is 1.23. The number of hydroxylamine groups is 2. The van der Waals surface area contributed by atoms with Crippen LogP contribution in [0.4, 0.5) is 11.4 Å². The van der Waals surface area contributed by atoms with Gasteiger partial charge in [-0.2, -0.15) is 5.06 Å². The maximum atomic E-state index is 11.7. The van der Waals surface area contributed by atoms with E-state index in [0.717, 1.165) is 19.6 Å². The highest BCUT2D eigenvalue weighted by Crippen LogP contribution is 2.16. The predicted molar refractivity (Wildman–Crippen MR) is 66.2 cm³/mol. The van der Waals surface area contributed by atoms with E-state index in [2.05, 4.69) is 5.32 Å². The molecule has 3 N–H and O–H groups in total. The van der Waals surface area contributed by atoms with Crippen molar-refractivity contribution in [2.24, 2.45) is 0 Å². The number of hydrogen-bond acceptors (Lipinski definition) is 4. The topological polar surface area (TPSA) is 67.6 Å². The van der Waals surface area contributed by atoms with E-state index in [1.54, 1.807) is 12.1 Å². The van der Waals surface area contributed by atoms with Gasteiger partial charge in [0, 0.05) is 19.5 Å². The van der Waals surface area contributed by atoms with Crippen LogP contribution in [0.2, 0.25) is 0 Å². The summed E-state index contributed by atoms with van der Waals surface area (Å²) in [6.45, 7) is 2.28. The molecule has 0 saturated carbocycles. The third-order valence-electron chi connectivity index (χ3n) is 2.65. The van der Waals surface area contributed by atoms with Gasteiger partial charge in [0.1, 0.15) is 0 Å². The molecular formula is C12H17N3O2. The molecular weight excluding hydrogens is 218 g/mol. The molecule has 0 spiro atoms. The van der Waals surface area contributed by atoms with Crippen molar-refractivity contribution in [3.63, 3.8) is 0 Å². The summed E-state index contributed by atoms with van der Waals surface area (Å²) in [6.07, 6.45) is 1.45. The molecule has 92 valence electrons. The quantitative estimate of drug-likeness (QED) is 0.770. The minimum Gasteiger partial charge on any atom is -0.397 e. The zero-order valence-electron chi connectivity index (χ0n) is 9.69. The van der Waals surface area contributed by atoms with Crippen LogP contribution in [0, 0.1) is 0 Å². The fourth-order valence-electron chi connectivity index (χ4n) is 1.73. The van der Waals surface area contributed by atoms with E-state index in [1.807, 2.05) is 17.2 Å². The standard InChI is InChI=1S/C12H17N3O2/c13-10-4-1-2-5-11(10)14-12(16)6-8-15-7-3-9-17-15/h1-2,4-5H,3,6-9,13H2,(H,14,16). The average molecular weight is 235 g/mol. The molecule has 5 nitrogen and oxygen atoms in total. The lowest BCUT2D eigenvalue weighted by molar-refractivity contribution is -0.126. The van der Waals surface area contributed by atoms with E-state index in [4.69, 9.17) is 10.6 Å². The van der Waals surface area contributed by atoms with Gasteiger partial charge >= 0.3 is 0 Å². The van der Waals surface area contributed by atoms with Crippen molar-refractivity contribution in [2.45, 2.75) is 12.8 Å². The van der Waals surface area contributed by atoms with Crippen LogP contribution in [-0.2, 0) is 9.63 Å². The van der Waals surface area contributed by atoms with Crippen LogP contribution >= 0.6 is 0 Å². The number of anilines is 2. The molecule has 2 rings (SSSR count). The Kier molecular flexibility index (Phi) is 3.95. The number of nitrogens with two attached hydrogens (primary N) is 1. The maximum absolute atomic E-state index is 11.7. The Bertz CT molecular complexity index is 389. The van der Waals surface area contributed by atoms with Crippen molar-refractivity contribution in [3.05, 3.63) is 24.3 Å². The lowest BCUT2D eigenvalue weighted by atomic mass is 10.2. The molecule has 1 aliphatic heterocycles. The molecule has 1 saturated heterocycles. The fraction of sp³-hybridized carbons (Fsp3) is 0.417. The second-order valence-corrected chi connectivity index (χ2v) is 4.00. The van der Waals surface area contributed by atoms with Gasteiger partial charge in [0.15, 0.2) is 0 Å². The van der Waals surface area contributed by atoms with Gasteiger partial charge in [0.2, 0.25) is 5.91 Å². The molecule has 17 heavy (non-hydrogen) atoms. The normalized spacial score (nSPS) is 16.0. The number of nitrogen functional groups attached to an aromatic ring is 1. The van der Waals surface area contributed by atoms with Crippen LogP contribution < -0.4 is 11.1 Å². The smallest absolute Gasteiger partial charge is 0.225 e. The number of carbonyl (C=O) groups excluding carboxylic acids is 1. The molecule has 0 atom stereocenters. The number of para-hydroxylation sites is 2. The van der Waals surface area contributed by atoms with E-state index in [0.29, 0.717) is 24.3 Å². The highest BCUT2D eigenvalue weighted by atomic mass is 16.7. The summed E-state index contributed by atoms with van der Waals surface area (Å²) in [7, 11) is 0. The molecule has 1 aromatic carbocycles. The molecule has 0 aromatic heterocycles. The summed E-state index contributed by atoms with van der Waals surface area (Å²) < 4.78 is 0. The van der Waals surface area contributed by atoms with Crippen LogP contribution in [0.1, 0.15) is 12.8 Å². The monoisotopic (exact) mass is 235 g/mol. The molecule has 1 aromatic rings. The zero-order chi connectivity index (χ0) is 12.1. The highest BCUT2D eigenvalue weighted by Gasteiger charge is 2.14. The molecule has 1 amide bonds. The number of nitrogens with zero attached hydrogens (tertiary/aromatic N) is 1. The maximum Gasteiger partial charge on any atom is 0.225 e. The van der Waals surface area contributed by atoms with E-state index in [1.165, 1.54) is 0 Å². The van der Waals surface area contributed by atoms with Crippen molar-refractivity contribution in [3.8, 4) is 0 Å². The number of rotatable bonds is 4. The third-order valence-corrected chi connectivity index (χ3v) is 2.65. The fourth-order valence-corrected chi connectivity index (χ4v) is 1.73. The van der Waals surface area contributed by atoms with Crippen LogP contribution in [0.5, 0.6) is 0 Å². The molecule has 1 fully saturated rings. The molecule has 0 aliphatic carbocycles. The van der Waals surface area contributed by atoms with E-state index in [9.17, 15) is 4.79 Å². The first-order valence-corrected chi connectivity index (χ1v) is 5.78. The van der Waals surface area contributed by atoms with Crippen LogP contribution in [-0.4, -0.2) is 30.7 Å². The SMILES string of the molecule is Nc1ccccc1NC(=O)CCN1CCCO1. The van der Waals surface area contributed by atoms with E-state index < -0.39 is 0 Å². The van der Waals surface area contributed by atoms with Gasteiger partial charge in [-0.15, -0.1) is 0 Å². The Hall–Kier alpha value is -1.59. The van der Waals surface area contributed by atoms with Gasteiger partial charge in [0.05, 0.1) is 18.0 Å². The van der Waals surface area contributed by atoms with Crippen molar-refractivity contribution >= 4 is 17.3 Å². The van der Waals surface area contributed by atoms with Crippen LogP contribution in [0.25, 0.3) is 0 Å². The second kappa shape index (κ2) is 5.65.